The molecule has 0 aromatic carbocycles. The fourth-order valence-electron chi connectivity index (χ4n) is 6.88. The third-order valence-electron chi connectivity index (χ3n) is 9.30. The van der Waals surface area contributed by atoms with Gasteiger partial charge in [0.15, 0.2) is 5.79 Å². The molecule has 7 heteroatoms. The maximum absolute atomic E-state index is 12.9. The fourth-order valence-corrected chi connectivity index (χ4v) is 6.88. The zero-order valence-electron chi connectivity index (χ0n) is 28.5. The second kappa shape index (κ2) is 17.9. The lowest BCUT2D eigenvalue weighted by molar-refractivity contribution is -0.376. The van der Waals surface area contributed by atoms with E-state index in [-0.39, 0.29) is 17.4 Å². The van der Waals surface area contributed by atoms with Crippen LogP contribution in [-0.4, -0.2) is 53.7 Å². The molecule has 2 aliphatic heterocycles. The van der Waals surface area contributed by atoms with Crippen LogP contribution in [0.5, 0.6) is 0 Å². The molecule has 2 fully saturated rings. The summed E-state index contributed by atoms with van der Waals surface area (Å²) in [4.78, 5) is 30.3. The molecule has 0 aromatic heterocycles. The predicted molar refractivity (Wildman–Crippen MR) is 169 cm³/mol. The second-order valence-electron chi connectivity index (χ2n) is 14.6. The molecule has 7 nitrogen and oxygen atoms in total. The molecule has 2 saturated heterocycles. The molecule has 0 N–H and O–H groups in total. The topological polar surface area (TPSA) is 74.3 Å². The maximum atomic E-state index is 12.9. The van der Waals surface area contributed by atoms with Crippen LogP contribution in [0.4, 0.5) is 0 Å². The Hall–Kier alpha value is -1.18. The first kappa shape index (κ1) is 37.0. The summed E-state index contributed by atoms with van der Waals surface area (Å²) in [6.45, 7) is 15.4. The van der Waals surface area contributed by atoms with Crippen molar-refractivity contribution in [1.82, 2.24) is 5.06 Å². The zero-order valence-corrected chi connectivity index (χ0v) is 28.5. The summed E-state index contributed by atoms with van der Waals surface area (Å²) in [6, 6.07) is 0. The lowest BCUT2D eigenvalue weighted by Crippen LogP contribution is -2.68. The molecule has 0 bridgehead atoms. The Labute approximate surface area is 258 Å². The van der Waals surface area contributed by atoms with Crippen LogP contribution in [0.15, 0.2) is 0 Å². The van der Waals surface area contributed by atoms with Gasteiger partial charge in [0.2, 0.25) is 0 Å². The van der Waals surface area contributed by atoms with Crippen LogP contribution in [0, 0.1) is 5.41 Å². The van der Waals surface area contributed by atoms with Crippen LogP contribution in [0.3, 0.4) is 0 Å². The molecule has 2 rings (SSSR count). The van der Waals surface area contributed by atoms with Crippen LogP contribution in [0.2, 0.25) is 0 Å². The Bertz CT molecular complexity index is 766. The van der Waals surface area contributed by atoms with E-state index in [1.807, 2.05) is 5.06 Å². The Balaban J connectivity index is 1.65. The van der Waals surface area contributed by atoms with E-state index in [4.69, 9.17) is 19.0 Å². The van der Waals surface area contributed by atoms with E-state index in [2.05, 4.69) is 41.5 Å². The molecule has 2 heterocycles. The highest BCUT2D eigenvalue weighted by molar-refractivity contribution is 5.69. The first-order chi connectivity index (χ1) is 19.9. The van der Waals surface area contributed by atoms with Crippen molar-refractivity contribution in [2.75, 3.05) is 19.8 Å². The zero-order chi connectivity index (χ0) is 31.1. The number of nitrogens with zero attached hydrogens (tertiary/aromatic N) is 1. The van der Waals surface area contributed by atoms with Crippen molar-refractivity contribution in [3.8, 4) is 0 Å². The summed E-state index contributed by atoms with van der Waals surface area (Å²) in [5, 5.41) is 1.88. The lowest BCUT2D eigenvalue weighted by atomic mass is 9.76. The number of hydroxylamine groups is 2. The summed E-state index contributed by atoms with van der Waals surface area (Å²) in [5.41, 5.74) is -1.26. The molecule has 42 heavy (non-hydrogen) atoms. The number of piperidine rings is 1. The van der Waals surface area contributed by atoms with Gasteiger partial charge in [-0.15, -0.1) is 5.06 Å². The molecule has 0 atom stereocenters. The number of hydrogen-bond donors (Lipinski definition) is 0. The maximum Gasteiger partial charge on any atom is 0.325 e. The Kier molecular flexibility index (Phi) is 15.8. The molecular weight excluding hydrogens is 530 g/mol. The normalized spacial score (nSPS) is 20.8. The van der Waals surface area contributed by atoms with Crippen molar-refractivity contribution in [1.29, 1.82) is 0 Å². The molecule has 0 saturated carbocycles. The smallest absolute Gasteiger partial charge is 0.325 e. The van der Waals surface area contributed by atoms with Gasteiger partial charge < -0.3 is 19.0 Å². The van der Waals surface area contributed by atoms with Gasteiger partial charge in [0, 0.05) is 26.2 Å². The van der Waals surface area contributed by atoms with Crippen LogP contribution in [0.1, 0.15) is 170 Å². The highest BCUT2D eigenvalue weighted by Crippen LogP contribution is 2.49. The number of carbonyl (C=O) groups excluding carboxylic acids is 2. The van der Waals surface area contributed by atoms with Gasteiger partial charge in [-0.2, -0.15) is 0 Å². The minimum atomic E-state index is -0.751. The van der Waals surface area contributed by atoms with Crippen molar-refractivity contribution in [3.05, 3.63) is 0 Å². The van der Waals surface area contributed by atoms with Crippen molar-refractivity contribution >= 4 is 11.9 Å². The predicted octanol–water partition coefficient (Wildman–Crippen LogP) is 9.06. The third kappa shape index (κ3) is 12.4. The molecule has 0 unspecified atom stereocenters. The van der Waals surface area contributed by atoms with Crippen molar-refractivity contribution in [3.63, 3.8) is 0 Å². The number of unbranched alkanes of at least 4 members (excludes halogenated alkanes) is 14. The standard InChI is InChI=1S/C35H65NO6/c1-8-10-11-12-13-14-15-16-17-18-19-20-21-22-23-24-31(38)42-36-32(4,5)25-35(26-33(36,6)7)40-28-34(9-2,29-41-35)27-39-30(3)37/h8-29H2,1-7H3. The summed E-state index contributed by atoms with van der Waals surface area (Å²) in [6.07, 6.45) is 22.0. The molecule has 0 aliphatic carbocycles. The largest absolute Gasteiger partial charge is 0.465 e. The quantitative estimate of drug-likeness (QED) is 0.103. The molecule has 0 aromatic rings. The highest BCUT2D eigenvalue weighted by Gasteiger charge is 2.58. The molecule has 0 radical (unpaired) electrons. The van der Waals surface area contributed by atoms with Gasteiger partial charge in [-0.3, -0.25) is 9.59 Å². The minimum absolute atomic E-state index is 0.154. The summed E-state index contributed by atoms with van der Waals surface area (Å²) in [5.74, 6) is -1.19. The highest BCUT2D eigenvalue weighted by atomic mass is 16.7. The van der Waals surface area contributed by atoms with Gasteiger partial charge in [0.25, 0.3) is 0 Å². The number of rotatable bonds is 20. The van der Waals surface area contributed by atoms with Gasteiger partial charge in [-0.25, -0.2) is 0 Å². The Morgan fingerprint density at radius 1 is 0.690 bits per heavy atom. The van der Waals surface area contributed by atoms with E-state index >= 15 is 0 Å². The SMILES string of the molecule is CCCCCCCCCCCCCCCCCC(=O)ON1C(C)(C)CC2(CC1(C)C)OCC(CC)(COC(C)=O)CO2. The molecule has 2 aliphatic rings. The van der Waals surface area contributed by atoms with E-state index in [0.29, 0.717) is 39.1 Å². The number of ether oxygens (including phenoxy) is 3. The number of hydrogen-bond acceptors (Lipinski definition) is 7. The second-order valence-corrected chi connectivity index (χ2v) is 14.6. The third-order valence-corrected chi connectivity index (χ3v) is 9.30. The molecule has 1 spiro atoms. The van der Waals surface area contributed by atoms with Crippen LogP contribution >= 0.6 is 0 Å². The van der Waals surface area contributed by atoms with E-state index in [1.165, 1.54) is 90.4 Å². The van der Waals surface area contributed by atoms with E-state index in [1.54, 1.807) is 0 Å². The first-order valence-electron chi connectivity index (χ1n) is 17.3. The minimum Gasteiger partial charge on any atom is -0.465 e. The van der Waals surface area contributed by atoms with E-state index < -0.39 is 16.9 Å². The van der Waals surface area contributed by atoms with Crippen LogP contribution in [0.25, 0.3) is 0 Å². The number of esters is 1. The molecule has 0 amide bonds. The number of carbonyl (C=O) groups is 2. The molecule has 246 valence electrons. The fraction of sp³-hybridized carbons (Fsp3) is 0.943. The molecular formula is C35H65NO6. The van der Waals surface area contributed by atoms with Gasteiger partial charge in [0.05, 0.1) is 29.7 Å². The monoisotopic (exact) mass is 595 g/mol. The average molecular weight is 596 g/mol. The van der Waals surface area contributed by atoms with Crippen molar-refractivity contribution in [2.45, 2.75) is 187 Å². The van der Waals surface area contributed by atoms with E-state index in [9.17, 15) is 9.59 Å². The van der Waals surface area contributed by atoms with Crippen molar-refractivity contribution < 1.29 is 28.6 Å². The van der Waals surface area contributed by atoms with E-state index in [0.717, 1.165) is 19.3 Å². The van der Waals surface area contributed by atoms with Crippen LogP contribution in [-0.2, 0) is 28.6 Å². The Morgan fingerprint density at radius 2 is 1.12 bits per heavy atom. The van der Waals surface area contributed by atoms with Crippen LogP contribution < -0.4 is 0 Å². The summed E-state index contributed by atoms with van der Waals surface area (Å²) in [7, 11) is 0. The lowest BCUT2D eigenvalue weighted by Gasteiger charge is -2.58. The van der Waals surface area contributed by atoms with Gasteiger partial charge in [0.1, 0.15) is 6.61 Å². The van der Waals surface area contributed by atoms with Gasteiger partial charge in [-0.05, 0) is 40.5 Å². The van der Waals surface area contributed by atoms with Gasteiger partial charge >= 0.3 is 11.9 Å². The van der Waals surface area contributed by atoms with Crippen molar-refractivity contribution in [2.24, 2.45) is 5.41 Å². The van der Waals surface area contributed by atoms with Gasteiger partial charge in [-0.1, -0.05) is 104 Å². The average Bonchev–Trinajstić information content (AvgIpc) is 2.92. The first-order valence-corrected chi connectivity index (χ1v) is 17.3. The summed E-state index contributed by atoms with van der Waals surface area (Å²) >= 11 is 0. The Morgan fingerprint density at radius 3 is 1.52 bits per heavy atom. The summed E-state index contributed by atoms with van der Waals surface area (Å²) < 4.78 is 18.2.